The van der Waals surface area contributed by atoms with E-state index in [1.54, 1.807) is 23.1 Å². The van der Waals surface area contributed by atoms with Crippen molar-refractivity contribution in [3.63, 3.8) is 0 Å². The highest BCUT2D eigenvalue weighted by Crippen LogP contribution is 2.23. The molecule has 0 atom stereocenters. The van der Waals surface area contributed by atoms with Gasteiger partial charge in [0.15, 0.2) is 0 Å². The van der Waals surface area contributed by atoms with E-state index in [1.807, 2.05) is 6.92 Å². The van der Waals surface area contributed by atoms with Gasteiger partial charge >= 0.3 is 11.7 Å². The van der Waals surface area contributed by atoms with Gasteiger partial charge in [-0.05, 0) is 42.3 Å². The third-order valence-electron chi connectivity index (χ3n) is 4.87. The minimum absolute atomic E-state index is 0.139. The van der Waals surface area contributed by atoms with E-state index < -0.39 is 11.7 Å². The molecule has 0 aliphatic heterocycles. The lowest BCUT2D eigenvalue weighted by atomic mass is 9.94. The molecule has 1 amide bonds. The second kappa shape index (κ2) is 8.49. The molecule has 0 bridgehead atoms. The van der Waals surface area contributed by atoms with E-state index in [0.717, 1.165) is 47.2 Å². The lowest BCUT2D eigenvalue weighted by Crippen LogP contribution is -2.47. The normalized spacial score (nSPS) is 19.4. The van der Waals surface area contributed by atoms with Gasteiger partial charge in [0, 0.05) is 18.2 Å². The fourth-order valence-corrected chi connectivity index (χ4v) is 3.77. The number of nitrogens with zero attached hydrogens (tertiary/aromatic N) is 6. The molecular formula is C17H23N7O2S. The van der Waals surface area contributed by atoms with Crippen LogP contribution in [0.15, 0.2) is 39.6 Å². The highest BCUT2D eigenvalue weighted by molar-refractivity contribution is 7.95. The first kappa shape index (κ1) is 19.3. The minimum atomic E-state index is -0.628. The summed E-state index contributed by atoms with van der Waals surface area (Å²) < 4.78 is 5.94. The molecule has 2 N–H and O–H groups in total. The summed E-state index contributed by atoms with van der Waals surface area (Å²) >= 11 is 0.805. The molecule has 2 aliphatic carbocycles. The van der Waals surface area contributed by atoms with Crippen LogP contribution in [0, 0.1) is 0 Å². The van der Waals surface area contributed by atoms with E-state index in [4.69, 9.17) is 5.14 Å². The third kappa shape index (κ3) is 3.81. The van der Waals surface area contributed by atoms with Crippen molar-refractivity contribution in [3.05, 3.63) is 40.9 Å². The van der Waals surface area contributed by atoms with Crippen LogP contribution in [0.1, 0.15) is 39.0 Å². The minimum Gasteiger partial charge on any atom is -0.320 e. The van der Waals surface area contributed by atoms with Crippen LogP contribution in [0.5, 0.6) is 0 Å². The lowest BCUT2D eigenvalue weighted by Gasteiger charge is -2.32. The lowest BCUT2D eigenvalue weighted by molar-refractivity contribution is 0.157. The monoisotopic (exact) mass is 389 g/mol. The highest BCUT2D eigenvalue weighted by atomic mass is 32.2. The number of carbonyl (C=O) groups is 1. The van der Waals surface area contributed by atoms with Crippen molar-refractivity contribution >= 4 is 29.6 Å². The van der Waals surface area contributed by atoms with E-state index >= 15 is 0 Å². The Bertz CT molecular complexity index is 874. The summed E-state index contributed by atoms with van der Waals surface area (Å²) in [5.41, 5.74) is 0.800. The van der Waals surface area contributed by atoms with E-state index in [1.165, 1.54) is 6.42 Å². The van der Waals surface area contributed by atoms with Crippen molar-refractivity contribution in [2.45, 2.75) is 45.1 Å². The number of carbonyl (C=O) groups excluding carboxylic acids is 1. The van der Waals surface area contributed by atoms with Crippen molar-refractivity contribution in [2.75, 3.05) is 6.54 Å². The Labute approximate surface area is 161 Å². The molecule has 2 aliphatic rings. The van der Waals surface area contributed by atoms with Crippen LogP contribution in [0.4, 0.5) is 4.79 Å². The van der Waals surface area contributed by atoms with Crippen molar-refractivity contribution in [3.8, 4) is 0 Å². The summed E-state index contributed by atoms with van der Waals surface area (Å²) in [7, 11) is 0. The first-order chi connectivity index (χ1) is 13.1. The van der Waals surface area contributed by atoms with E-state index in [0.29, 0.717) is 23.5 Å². The molecule has 3 rings (SSSR count). The predicted octanol–water partition coefficient (Wildman–Crippen LogP) is 1.99. The molecule has 0 unspecified atom stereocenters. The fraction of sp³-hybridized carbons (Fsp3) is 0.471. The number of tetrazole rings is 1. The highest BCUT2D eigenvalue weighted by Gasteiger charge is 2.28. The molecule has 1 heterocycles. The van der Waals surface area contributed by atoms with Crippen molar-refractivity contribution in [1.82, 2.24) is 24.7 Å². The summed E-state index contributed by atoms with van der Waals surface area (Å²) in [5, 5.41) is 13.1. The van der Waals surface area contributed by atoms with Crippen LogP contribution in [0.2, 0.25) is 0 Å². The summed E-state index contributed by atoms with van der Waals surface area (Å²) in [6.45, 7) is 6.37. The Balaban J connectivity index is 1.89. The summed E-state index contributed by atoms with van der Waals surface area (Å²) in [6.07, 6.45) is 10.4. The van der Waals surface area contributed by atoms with E-state index in [-0.39, 0.29) is 6.04 Å². The van der Waals surface area contributed by atoms with Gasteiger partial charge in [-0.1, -0.05) is 31.9 Å². The second-order valence-electron chi connectivity index (χ2n) is 6.42. The molecule has 1 saturated carbocycles. The Morgan fingerprint density at radius 2 is 2.15 bits per heavy atom. The van der Waals surface area contributed by atoms with Crippen LogP contribution in [-0.4, -0.2) is 49.0 Å². The average molecular weight is 389 g/mol. The molecule has 27 heavy (non-hydrogen) atoms. The molecule has 0 radical (unpaired) electrons. The Kier molecular flexibility index (Phi) is 6.07. The fourth-order valence-electron chi connectivity index (χ4n) is 3.49. The van der Waals surface area contributed by atoms with Gasteiger partial charge in [0.05, 0.1) is 23.5 Å². The quantitative estimate of drug-likeness (QED) is 0.623. The smallest absolute Gasteiger partial charge is 0.320 e. The first-order valence-electron chi connectivity index (χ1n) is 8.96. The van der Waals surface area contributed by atoms with Gasteiger partial charge in [0.25, 0.3) is 0 Å². The van der Waals surface area contributed by atoms with Crippen molar-refractivity contribution in [1.29, 1.82) is 0 Å². The van der Waals surface area contributed by atoms with Crippen LogP contribution >= 0.6 is 12.1 Å². The van der Waals surface area contributed by atoms with Crippen molar-refractivity contribution in [2.24, 2.45) is 9.54 Å². The number of rotatable bonds is 4. The summed E-state index contributed by atoms with van der Waals surface area (Å²) in [6, 6.07) is -0.301. The molecule has 0 aromatic carbocycles. The molecule has 0 spiro atoms. The third-order valence-corrected chi connectivity index (χ3v) is 5.17. The van der Waals surface area contributed by atoms with Crippen molar-refractivity contribution < 1.29 is 4.79 Å². The average Bonchev–Trinajstić information content (AvgIpc) is 3.06. The maximum Gasteiger partial charge on any atom is 0.377 e. The number of aromatic nitrogens is 4. The Morgan fingerprint density at radius 3 is 2.81 bits per heavy atom. The summed E-state index contributed by atoms with van der Waals surface area (Å²) in [5.74, 6) is 0. The molecular weight excluding hydrogens is 366 g/mol. The number of allylic oxidation sites excluding steroid dienone is 5. The molecule has 1 fully saturated rings. The molecule has 1 aromatic heterocycles. The van der Waals surface area contributed by atoms with Gasteiger partial charge in [-0.2, -0.15) is 9.08 Å². The molecule has 144 valence electrons. The number of hydrogen-bond acceptors (Lipinski definition) is 7. The van der Waals surface area contributed by atoms with Gasteiger partial charge < -0.3 is 4.90 Å². The Hall–Kier alpha value is -2.46. The van der Waals surface area contributed by atoms with Crippen LogP contribution < -0.4 is 10.8 Å². The zero-order valence-electron chi connectivity index (χ0n) is 15.2. The van der Waals surface area contributed by atoms with Gasteiger partial charge in [0.2, 0.25) is 0 Å². The van der Waals surface area contributed by atoms with Gasteiger partial charge in [-0.3, -0.25) is 5.14 Å². The SMILES string of the molecule is C=C1C(n2nnn(C(=O)N(CC)C3CCCCC3)c2=O)=CC=C/C1=N/SN. The number of hydrogen-bond donors (Lipinski definition) is 1. The van der Waals surface area contributed by atoms with Crippen LogP contribution in [-0.2, 0) is 0 Å². The van der Waals surface area contributed by atoms with Gasteiger partial charge in [-0.15, -0.1) is 4.68 Å². The van der Waals surface area contributed by atoms with E-state index in [2.05, 4.69) is 21.4 Å². The molecule has 9 nitrogen and oxygen atoms in total. The van der Waals surface area contributed by atoms with Gasteiger partial charge in [0.1, 0.15) is 0 Å². The maximum absolute atomic E-state index is 12.9. The molecule has 10 heteroatoms. The maximum atomic E-state index is 12.9. The second-order valence-corrected chi connectivity index (χ2v) is 6.81. The number of nitrogens with two attached hydrogens (primary N) is 1. The zero-order chi connectivity index (χ0) is 19.4. The molecule has 1 aromatic rings. The standard InChI is InChI=1S/C17H23N7O2S/c1-3-22(13-8-5-4-6-9-13)16(25)24-17(26)23(20-21-24)15-11-7-10-14(12(15)2)19-27-18/h7,10-11,13H,2-6,8-9,18H2,1H3/b19-14-. The van der Waals surface area contributed by atoms with Crippen LogP contribution in [0.3, 0.4) is 0 Å². The van der Waals surface area contributed by atoms with Crippen LogP contribution in [0.25, 0.3) is 5.70 Å². The predicted molar refractivity (Wildman–Crippen MR) is 106 cm³/mol. The summed E-state index contributed by atoms with van der Waals surface area (Å²) in [4.78, 5) is 27.4. The number of amides is 1. The van der Waals surface area contributed by atoms with Gasteiger partial charge in [-0.25, -0.2) is 9.59 Å². The molecule has 0 saturated heterocycles. The zero-order valence-corrected chi connectivity index (χ0v) is 16.1. The topological polar surface area (TPSA) is 111 Å². The first-order valence-corrected chi connectivity index (χ1v) is 9.80. The Morgan fingerprint density at radius 1 is 1.41 bits per heavy atom. The largest absolute Gasteiger partial charge is 0.377 e. The van der Waals surface area contributed by atoms with E-state index in [9.17, 15) is 9.59 Å².